The number of hydrogen-bond acceptors (Lipinski definition) is 4. The van der Waals surface area contributed by atoms with Gasteiger partial charge in [-0.3, -0.25) is 9.97 Å². The molecular weight excluding hydrogens is 392 g/mol. The molecule has 0 aliphatic carbocycles. The van der Waals surface area contributed by atoms with Crippen molar-refractivity contribution in [3.05, 3.63) is 81.7 Å². The van der Waals surface area contributed by atoms with Gasteiger partial charge < -0.3 is 9.64 Å². The van der Waals surface area contributed by atoms with Crippen molar-refractivity contribution in [1.29, 1.82) is 0 Å². The Balaban J connectivity index is 1.66. The number of aromatic nitrogens is 2. The quantitative estimate of drug-likeness (QED) is 0.740. The molecule has 0 bridgehead atoms. The zero-order valence-corrected chi connectivity index (χ0v) is 15.1. The molecule has 0 fully saturated rings. The van der Waals surface area contributed by atoms with Gasteiger partial charge in [-0.25, -0.2) is 8.78 Å². The first-order valence-electron chi connectivity index (χ1n) is 7.66. The second-order valence-electron chi connectivity index (χ2n) is 5.63. The highest BCUT2D eigenvalue weighted by Crippen LogP contribution is 2.27. The fourth-order valence-corrected chi connectivity index (χ4v) is 2.96. The number of ether oxygens (including phenoxy) is 1. The van der Waals surface area contributed by atoms with E-state index in [1.54, 1.807) is 18.6 Å². The van der Waals surface area contributed by atoms with Gasteiger partial charge in [-0.05, 0) is 41.1 Å². The maximum absolute atomic E-state index is 13.7. The van der Waals surface area contributed by atoms with Crippen LogP contribution in [-0.4, -0.2) is 21.4 Å². The molecule has 0 atom stereocenters. The second-order valence-corrected chi connectivity index (χ2v) is 6.59. The summed E-state index contributed by atoms with van der Waals surface area (Å²) in [7, 11) is 0. The maximum atomic E-state index is 13.7. The van der Waals surface area contributed by atoms with Crippen LogP contribution in [0.2, 0.25) is 0 Å². The van der Waals surface area contributed by atoms with Crippen LogP contribution in [0, 0.1) is 11.6 Å². The number of allylic oxidation sites excluding steroid dienone is 2. The molecule has 0 unspecified atom stereocenters. The molecule has 1 aliphatic heterocycles. The second kappa shape index (κ2) is 7.74. The molecule has 7 heteroatoms. The zero-order valence-electron chi connectivity index (χ0n) is 13.5. The monoisotopic (exact) mass is 407 g/mol. The summed E-state index contributed by atoms with van der Waals surface area (Å²) < 4.78 is 33.2. The van der Waals surface area contributed by atoms with Crippen LogP contribution in [0.25, 0.3) is 0 Å². The Morgan fingerprint density at radius 3 is 2.84 bits per heavy atom. The molecule has 3 rings (SSSR count). The third kappa shape index (κ3) is 4.42. The van der Waals surface area contributed by atoms with E-state index in [0.717, 1.165) is 21.9 Å². The van der Waals surface area contributed by atoms with Crippen LogP contribution in [0.15, 0.2) is 58.8 Å². The van der Waals surface area contributed by atoms with Gasteiger partial charge in [0.2, 0.25) is 0 Å². The number of halogens is 3. The zero-order chi connectivity index (χ0) is 17.8. The van der Waals surface area contributed by atoms with E-state index in [1.165, 1.54) is 12.1 Å². The first-order valence-corrected chi connectivity index (χ1v) is 8.46. The van der Waals surface area contributed by atoms with Crippen molar-refractivity contribution in [2.24, 2.45) is 0 Å². The molecule has 2 heterocycles. The smallest absolute Gasteiger partial charge is 0.133 e. The first-order chi connectivity index (χ1) is 12.0. The number of benzene rings is 1. The van der Waals surface area contributed by atoms with Crippen LogP contribution in [0.4, 0.5) is 8.78 Å². The van der Waals surface area contributed by atoms with E-state index in [-0.39, 0.29) is 6.61 Å². The molecule has 0 amide bonds. The average Bonchev–Trinajstić information content (AvgIpc) is 2.59. The van der Waals surface area contributed by atoms with Gasteiger partial charge in [-0.15, -0.1) is 0 Å². The van der Waals surface area contributed by atoms with E-state index in [0.29, 0.717) is 24.4 Å². The van der Waals surface area contributed by atoms with Gasteiger partial charge in [0.05, 0.1) is 29.5 Å². The van der Waals surface area contributed by atoms with Crippen LogP contribution in [0.5, 0.6) is 0 Å². The van der Waals surface area contributed by atoms with Gasteiger partial charge in [-0.1, -0.05) is 0 Å². The van der Waals surface area contributed by atoms with Crippen molar-refractivity contribution >= 4 is 15.9 Å². The molecule has 0 spiro atoms. The highest BCUT2D eigenvalue weighted by atomic mass is 79.9. The average molecular weight is 408 g/mol. The van der Waals surface area contributed by atoms with Gasteiger partial charge >= 0.3 is 0 Å². The lowest BCUT2D eigenvalue weighted by Crippen LogP contribution is -2.26. The van der Waals surface area contributed by atoms with E-state index >= 15 is 0 Å². The molecule has 1 aromatic heterocycles. The van der Waals surface area contributed by atoms with Crippen molar-refractivity contribution in [1.82, 2.24) is 14.9 Å². The Labute approximate surface area is 153 Å². The molecule has 25 heavy (non-hydrogen) atoms. The minimum atomic E-state index is -0.613. The van der Waals surface area contributed by atoms with Gasteiger partial charge in [0.15, 0.2) is 0 Å². The lowest BCUT2D eigenvalue weighted by atomic mass is 10.2. The molecule has 4 nitrogen and oxygen atoms in total. The van der Waals surface area contributed by atoms with E-state index in [4.69, 9.17) is 4.74 Å². The summed E-state index contributed by atoms with van der Waals surface area (Å²) in [5, 5.41) is 0. The molecule has 0 saturated carbocycles. The summed E-state index contributed by atoms with van der Waals surface area (Å²) in [6, 6.07) is 3.46. The van der Waals surface area contributed by atoms with Crippen LogP contribution in [0.3, 0.4) is 0 Å². The Hall–Kier alpha value is -2.28. The van der Waals surface area contributed by atoms with Gasteiger partial charge in [0.25, 0.3) is 0 Å². The van der Waals surface area contributed by atoms with Crippen molar-refractivity contribution < 1.29 is 13.5 Å². The van der Waals surface area contributed by atoms with Crippen LogP contribution in [-0.2, 0) is 17.9 Å². The van der Waals surface area contributed by atoms with Crippen LogP contribution >= 0.6 is 15.9 Å². The molecular formula is C18H16BrF2N3O. The summed E-state index contributed by atoms with van der Waals surface area (Å²) in [5.41, 5.74) is 2.18. The molecule has 2 aromatic rings. The highest BCUT2D eigenvalue weighted by Gasteiger charge is 2.18. The van der Waals surface area contributed by atoms with Crippen molar-refractivity contribution in [3.63, 3.8) is 0 Å². The summed E-state index contributed by atoms with van der Waals surface area (Å²) in [6.45, 7) is 3.24. The van der Waals surface area contributed by atoms with Gasteiger partial charge in [-0.2, -0.15) is 0 Å². The van der Waals surface area contributed by atoms with Crippen molar-refractivity contribution in [3.8, 4) is 0 Å². The maximum Gasteiger partial charge on any atom is 0.133 e. The van der Waals surface area contributed by atoms with E-state index in [9.17, 15) is 8.78 Å². The molecule has 0 radical (unpaired) electrons. The minimum Gasteiger partial charge on any atom is -0.488 e. The summed E-state index contributed by atoms with van der Waals surface area (Å²) in [4.78, 5) is 10.5. The summed E-state index contributed by atoms with van der Waals surface area (Å²) in [6.07, 6.45) is 6.91. The van der Waals surface area contributed by atoms with Crippen LogP contribution < -0.4 is 0 Å². The molecule has 0 saturated heterocycles. The Morgan fingerprint density at radius 1 is 1.28 bits per heavy atom. The van der Waals surface area contributed by atoms with Crippen molar-refractivity contribution in [2.75, 3.05) is 6.54 Å². The topological polar surface area (TPSA) is 38.2 Å². The van der Waals surface area contributed by atoms with E-state index in [2.05, 4.69) is 30.8 Å². The van der Waals surface area contributed by atoms with Gasteiger partial charge in [0, 0.05) is 29.7 Å². The summed E-state index contributed by atoms with van der Waals surface area (Å²) >= 11 is 3.52. The van der Waals surface area contributed by atoms with E-state index in [1.807, 2.05) is 13.0 Å². The van der Waals surface area contributed by atoms with Crippen molar-refractivity contribution in [2.45, 2.75) is 20.1 Å². The Bertz CT molecular complexity index is 824. The van der Waals surface area contributed by atoms with E-state index < -0.39 is 11.6 Å². The normalized spacial score (nSPS) is 14.6. The SMILES string of the molecule is CC1=CC(OCc2ccc(F)cc2F)=C(Br)CN1Cc1cnccn1. The summed E-state index contributed by atoms with van der Waals surface area (Å²) in [5.74, 6) is -0.580. The van der Waals surface area contributed by atoms with Crippen LogP contribution in [0.1, 0.15) is 18.2 Å². The molecule has 1 aliphatic rings. The van der Waals surface area contributed by atoms with Gasteiger partial charge in [0.1, 0.15) is 24.0 Å². The predicted molar refractivity (Wildman–Crippen MR) is 93.3 cm³/mol. The lowest BCUT2D eigenvalue weighted by Gasteiger charge is -2.29. The Morgan fingerprint density at radius 2 is 2.12 bits per heavy atom. The molecule has 0 N–H and O–H groups in total. The third-order valence-corrected chi connectivity index (χ3v) is 4.45. The first kappa shape index (κ1) is 17.5. The number of rotatable bonds is 5. The predicted octanol–water partition coefficient (Wildman–Crippen LogP) is 4.30. The number of nitrogens with zero attached hydrogens (tertiary/aromatic N) is 3. The standard InChI is InChI=1S/C18H16BrF2N3O/c1-12-6-18(25-11-13-2-3-14(20)7-17(13)21)16(19)10-24(12)9-15-8-22-4-5-23-15/h2-8H,9-11H2,1H3. The Kier molecular flexibility index (Phi) is 5.43. The third-order valence-electron chi connectivity index (χ3n) is 3.80. The molecule has 130 valence electrons. The number of hydrogen-bond donors (Lipinski definition) is 0. The molecule has 1 aromatic carbocycles. The fourth-order valence-electron chi connectivity index (χ4n) is 2.43. The fraction of sp³-hybridized carbons (Fsp3) is 0.222. The highest BCUT2D eigenvalue weighted by molar-refractivity contribution is 9.11. The minimum absolute atomic E-state index is 0.0322. The largest absolute Gasteiger partial charge is 0.488 e. The lowest BCUT2D eigenvalue weighted by molar-refractivity contribution is 0.197.